The van der Waals surface area contributed by atoms with E-state index < -0.39 is 11.6 Å². The second-order valence-corrected chi connectivity index (χ2v) is 9.08. The van der Waals surface area contributed by atoms with Crippen LogP contribution in [0.15, 0.2) is 65.1 Å². The number of nitrogens with zero attached hydrogens (tertiary/aromatic N) is 2. The van der Waals surface area contributed by atoms with Crippen LogP contribution in [0.25, 0.3) is 0 Å². The Morgan fingerprint density at radius 3 is 2.57 bits per heavy atom. The van der Waals surface area contributed by atoms with Gasteiger partial charge in [0.25, 0.3) is 0 Å². The zero-order valence-corrected chi connectivity index (χ0v) is 20.1. The summed E-state index contributed by atoms with van der Waals surface area (Å²) in [6, 6.07) is 17.9. The third kappa shape index (κ3) is 7.23. The van der Waals surface area contributed by atoms with Gasteiger partial charge in [-0.3, -0.25) is 9.69 Å². The Morgan fingerprint density at radius 1 is 1.03 bits per heavy atom. The maximum absolute atomic E-state index is 14.4. The van der Waals surface area contributed by atoms with E-state index >= 15 is 0 Å². The van der Waals surface area contributed by atoms with Crippen molar-refractivity contribution in [2.45, 2.75) is 45.4 Å². The number of carbonyl (C=O) groups excluding carboxylic acids is 1. The van der Waals surface area contributed by atoms with Gasteiger partial charge in [0.05, 0.1) is 19.2 Å². The van der Waals surface area contributed by atoms with Crippen molar-refractivity contribution in [3.05, 3.63) is 94.9 Å². The Kier molecular flexibility index (Phi) is 8.66. The number of aryl methyl sites for hydroxylation is 1. The molecule has 0 radical (unpaired) electrons. The highest BCUT2D eigenvalue weighted by Crippen LogP contribution is 2.19. The van der Waals surface area contributed by atoms with Crippen LogP contribution in [0.4, 0.5) is 8.78 Å². The first-order valence-corrected chi connectivity index (χ1v) is 12.1. The van der Waals surface area contributed by atoms with E-state index in [1.807, 2.05) is 54.3 Å². The van der Waals surface area contributed by atoms with Crippen LogP contribution in [0.2, 0.25) is 0 Å². The molecule has 0 bridgehead atoms. The molecule has 1 fully saturated rings. The molecule has 7 heteroatoms. The summed E-state index contributed by atoms with van der Waals surface area (Å²) >= 11 is 0. The molecule has 1 aliphatic heterocycles. The average molecular weight is 483 g/mol. The molecule has 5 nitrogen and oxygen atoms in total. The molecule has 1 saturated heterocycles. The second kappa shape index (κ2) is 12.1. The standard InChI is InChI=1S/C28H32F2N2O3/c1-21-12-13-25(35-21)19-32(15-14-22-7-3-2-4-8-22)27(33)20-31(18-24-10-6-16-34-24)17-23-9-5-11-26(29)28(23)30/h2-5,7-9,11-13,24H,6,10,14-20H2,1H3/t24-/m0/s1. The molecule has 1 amide bonds. The molecule has 1 aromatic heterocycles. The number of furan rings is 1. The van der Waals surface area contributed by atoms with E-state index in [-0.39, 0.29) is 30.7 Å². The fourth-order valence-electron chi connectivity index (χ4n) is 4.42. The second-order valence-electron chi connectivity index (χ2n) is 9.08. The molecule has 186 valence electrons. The number of benzene rings is 2. The number of hydrogen-bond acceptors (Lipinski definition) is 4. The lowest BCUT2D eigenvalue weighted by Crippen LogP contribution is -2.43. The smallest absolute Gasteiger partial charge is 0.237 e. The van der Waals surface area contributed by atoms with Crippen LogP contribution >= 0.6 is 0 Å². The zero-order valence-electron chi connectivity index (χ0n) is 20.1. The molecule has 0 spiro atoms. The minimum Gasteiger partial charge on any atom is -0.464 e. The summed E-state index contributed by atoms with van der Waals surface area (Å²) in [5.41, 5.74) is 1.37. The van der Waals surface area contributed by atoms with Crippen molar-refractivity contribution in [2.24, 2.45) is 0 Å². The third-order valence-corrected chi connectivity index (χ3v) is 6.28. The summed E-state index contributed by atoms with van der Waals surface area (Å²) in [5.74, 6) is -0.347. The van der Waals surface area contributed by atoms with Crippen LogP contribution in [0.1, 0.15) is 35.5 Å². The van der Waals surface area contributed by atoms with Crippen LogP contribution in [0.3, 0.4) is 0 Å². The predicted molar refractivity (Wildman–Crippen MR) is 130 cm³/mol. The van der Waals surface area contributed by atoms with Gasteiger partial charge >= 0.3 is 0 Å². The van der Waals surface area contributed by atoms with Crippen molar-refractivity contribution in [3.63, 3.8) is 0 Å². The van der Waals surface area contributed by atoms with E-state index in [2.05, 4.69) is 0 Å². The van der Waals surface area contributed by atoms with E-state index in [1.54, 1.807) is 11.0 Å². The minimum absolute atomic E-state index is 0.0232. The van der Waals surface area contributed by atoms with E-state index in [1.165, 1.54) is 6.07 Å². The average Bonchev–Trinajstić information content (AvgIpc) is 3.51. The lowest BCUT2D eigenvalue weighted by Gasteiger charge is -2.29. The molecule has 3 aromatic rings. The van der Waals surface area contributed by atoms with Crippen molar-refractivity contribution in [2.75, 3.05) is 26.2 Å². The van der Waals surface area contributed by atoms with Gasteiger partial charge in [-0.15, -0.1) is 0 Å². The van der Waals surface area contributed by atoms with Gasteiger partial charge in [-0.25, -0.2) is 8.78 Å². The maximum Gasteiger partial charge on any atom is 0.237 e. The van der Waals surface area contributed by atoms with Crippen LogP contribution in [-0.4, -0.2) is 48.1 Å². The van der Waals surface area contributed by atoms with E-state index in [4.69, 9.17) is 9.15 Å². The van der Waals surface area contributed by atoms with Crippen LogP contribution in [-0.2, 0) is 29.0 Å². The molecule has 0 aliphatic carbocycles. The van der Waals surface area contributed by atoms with Crippen molar-refractivity contribution in [1.82, 2.24) is 9.80 Å². The monoisotopic (exact) mass is 482 g/mol. The fraction of sp³-hybridized carbons (Fsp3) is 0.393. The zero-order chi connectivity index (χ0) is 24.6. The lowest BCUT2D eigenvalue weighted by atomic mass is 10.1. The number of hydrogen-bond donors (Lipinski definition) is 0. The summed E-state index contributed by atoms with van der Waals surface area (Å²) in [7, 11) is 0. The highest BCUT2D eigenvalue weighted by atomic mass is 19.2. The molecule has 35 heavy (non-hydrogen) atoms. The Bertz CT molecular complexity index is 1100. The van der Waals surface area contributed by atoms with Crippen LogP contribution in [0, 0.1) is 18.6 Å². The van der Waals surface area contributed by atoms with Crippen molar-refractivity contribution >= 4 is 5.91 Å². The number of ether oxygens (including phenoxy) is 1. The lowest BCUT2D eigenvalue weighted by molar-refractivity contribution is -0.133. The van der Waals surface area contributed by atoms with E-state index in [0.29, 0.717) is 38.4 Å². The summed E-state index contributed by atoms with van der Waals surface area (Å²) in [6.07, 6.45) is 2.53. The van der Waals surface area contributed by atoms with Gasteiger partial charge in [0.1, 0.15) is 11.5 Å². The number of amides is 1. The van der Waals surface area contributed by atoms with E-state index in [0.717, 1.165) is 30.2 Å². The Morgan fingerprint density at radius 2 is 1.86 bits per heavy atom. The topological polar surface area (TPSA) is 45.9 Å². The third-order valence-electron chi connectivity index (χ3n) is 6.28. The first kappa shape index (κ1) is 25.1. The first-order chi connectivity index (χ1) is 17.0. The molecule has 2 heterocycles. The van der Waals surface area contributed by atoms with E-state index in [9.17, 15) is 13.6 Å². The number of carbonyl (C=O) groups is 1. The predicted octanol–water partition coefficient (Wildman–Crippen LogP) is 5.12. The fourth-order valence-corrected chi connectivity index (χ4v) is 4.42. The van der Waals surface area contributed by atoms with Crippen LogP contribution < -0.4 is 0 Å². The molecule has 0 saturated carbocycles. The molecular weight excluding hydrogens is 450 g/mol. The summed E-state index contributed by atoms with van der Waals surface area (Å²) < 4.78 is 39.8. The molecule has 1 atom stereocenters. The van der Waals surface area contributed by atoms with Gasteiger partial charge in [0, 0.05) is 31.8 Å². The minimum atomic E-state index is -0.886. The molecule has 2 aromatic carbocycles. The highest BCUT2D eigenvalue weighted by molar-refractivity contribution is 5.78. The van der Waals surface area contributed by atoms with Crippen LogP contribution in [0.5, 0.6) is 0 Å². The first-order valence-electron chi connectivity index (χ1n) is 12.1. The summed E-state index contributed by atoms with van der Waals surface area (Å²) in [5, 5.41) is 0. The Balaban J connectivity index is 1.49. The van der Waals surface area contributed by atoms with Crippen molar-refractivity contribution in [1.29, 1.82) is 0 Å². The van der Waals surface area contributed by atoms with Crippen molar-refractivity contribution < 1.29 is 22.7 Å². The molecule has 1 aliphatic rings. The van der Waals surface area contributed by atoms with Crippen molar-refractivity contribution in [3.8, 4) is 0 Å². The van der Waals surface area contributed by atoms with Gasteiger partial charge < -0.3 is 14.1 Å². The molecular formula is C28H32F2N2O3. The molecule has 4 rings (SSSR count). The Hall–Kier alpha value is -3.03. The maximum atomic E-state index is 14.4. The van der Waals surface area contributed by atoms with Gasteiger partial charge in [0.2, 0.25) is 5.91 Å². The molecule has 0 N–H and O–H groups in total. The summed E-state index contributed by atoms with van der Waals surface area (Å²) in [6.45, 7) is 4.10. The highest BCUT2D eigenvalue weighted by Gasteiger charge is 2.25. The van der Waals surface area contributed by atoms with Gasteiger partial charge in [-0.05, 0) is 49.9 Å². The number of rotatable bonds is 11. The SMILES string of the molecule is Cc1ccc(CN(CCc2ccccc2)C(=O)CN(Cc2cccc(F)c2F)C[C@@H]2CCCO2)o1. The quantitative estimate of drug-likeness (QED) is 0.381. The molecule has 0 unspecified atom stereocenters. The summed E-state index contributed by atoms with van der Waals surface area (Å²) in [4.78, 5) is 17.2. The Labute approximate surface area is 205 Å². The number of halogens is 2. The van der Waals surface area contributed by atoms with Gasteiger partial charge in [-0.1, -0.05) is 42.5 Å². The van der Waals surface area contributed by atoms with Gasteiger partial charge in [-0.2, -0.15) is 0 Å². The largest absolute Gasteiger partial charge is 0.464 e. The normalized spacial score (nSPS) is 15.6. The van der Waals surface area contributed by atoms with Gasteiger partial charge in [0.15, 0.2) is 11.6 Å².